The van der Waals surface area contributed by atoms with E-state index in [4.69, 9.17) is 4.84 Å². The Kier molecular flexibility index (Phi) is 2.88. The van der Waals surface area contributed by atoms with Gasteiger partial charge in [-0.3, -0.25) is 0 Å². The summed E-state index contributed by atoms with van der Waals surface area (Å²) in [6.45, 7) is 0. The van der Waals surface area contributed by atoms with Crippen LogP contribution in [-0.4, -0.2) is 0 Å². The molecule has 0 spiro atoms. The molecule has 0 aliphatic rings. The number of hydrogen-bond acceptors (Lipinski definition) is 4. The summed E-state index contributed by atoms with van der Waals surface area (Å²) in [5, 5.41) is 2.31. The Morgan fingerprint density at radius 2 is 2.00 bits per heavy atom. The predicted molar refractivity (Wildman–Crippen MR) is 39.1 cm³/mol. The number of para-hydroxylation sites is 1. The van der Waals surface area contributed by atoms with Gasteiger partial charge in [-0.1, -0.05) is 18.2 Å². The van der Waals surface area contributed by atoms with E-state index in [0.717, 1.165) is 0 Å². The molecule has 1 aromatic rings. The van der Waals surface area contributed by atoms with Crippen LogP contribution < -0.4 is 16.0 Å². The molecule has 0 aromatic heterocycles. The molecule has 0 amide bonds. The van der Waals surface area contributed by atoms with E-state index in [-0.39, 0.29) is 0 Å². The first-order chi connectivity index (χ1) is 5.43. The van der Waals surface area contributed by atoms with Crippen LogP contribution in [0.4, 0.5) is 0 Å². The molecule has 0 aliphatic carbocycles. The lowest BCUT2D eigenvalue weighted by molar-refractivity contribution is 0.150. The Hall–Kier alpha value is -1.62. The lowest BCUT2D eigenvalue weighted by Crippen LogP contribution is -2.29. The Labute approximate surface area is 63.2 Å². The highest BCUT2D eigenvalue weighted by Crippen LogP contribution is 2.05. The second-order valence-electron chi connectivity index (χ2n) is 1.72. The van der Waals surface area contributed by atoms with Crippen LogP contribution in [0, 0.1) is 4.91 Å². The molecule has 1 rings (SSSR count). The summed E-state index contributed by atoms with van der Waals surface area (Å²) < 4.78 is 0. The molecular weight excluding hydrogens is 146 g/mol. The third-order valence-electron chi connectivity index (χ3n) is 1.00. The highest BCUT2D eigenvalue weighted by Gasteiger charge is 1.87. The fraction of sp³-hybridized carbons (Fsp3) is 0. The normalized spacial score (nSPS) is 8.73. The van der Waals surface area contributed by atoms with Crippen molar-refractivity contribution in [3.8, 4) is 5.75 Å². The van der Waals surface area contributed by atoms with Gasteiger partial charge >= 0.3 is 0 Å². The predicted octanol–water partition coefficient (Wildman–Crippen LogP) is 0.756. The first kappa shape index (κ1) is 7.49. The van der Waals surface area contributed by atoms with Gasteiger partial charge < -0.3 is 4.84 Å². The van der Waals surface area contributed by atoms with Gasteiger partial charge in [0, 0.05) is 0 Å². The lowest BCUT2D eigenvalue weighted by atomic mass is 10.3. The maximum absolute atomic E-state index is 9.49. The second-order valence-corrected chi connectivity index (χ2v) is 1.72. The first-order valence-electron chi connectivity index (χ1n) is 2.98. The van der Waals surface area contributed by atoms with Crippen LogP contribution in [0.1, 0.15) is 0 Å². The van der Waals surface area contributed by atoms with Crippen molar-refractivity contribution in [3.63, 3.8) is 0 Å². The summed E-state index contributed by atoms with van der Waals surface area (Å²) >= 11 is 0. The Morgan fingerprint density at radius 1 is 1.27 bits per heavy atom. The van der Waals surface area contributed by atoms with Gasteiger partial charge in [-0.25, -0.2) is 0 Å². The van der Waals surface area contributed by atoms with Crippen LogP contribution in [0.25, 0.3) is 0 Å². The zero-order valence-corrected chi connectivity index (χ0v) is 5.65. The molecule has 58 valence electrons. The Balaban J connectivity index is 2.33. The first-order valence-corrected chi connectivity index (χ1v) is 2.98. The molecule has 0 aliphatic heterocycles. The minimum atomic E-state index is 0.601. The molecule has 0 saturated heterocycles. The largest absolute Gasteiger partial charge is 0.388 e. The molecule has 0 radical (unpaired) electrons. The van der Waals surface area contributed by atoms with Crippen molar-refractivity contribution in [2.45, 2.75) is 0 Å². The second kappa shape index (κ2) is 4.24. The molecule has 0 unspecified atom stereocenters. The molecule has 5 heteroatoms. The maximum atomic E-state index is 9.49. The zero-order valence-electron chi connectivity index (χ0n) is 5.65. The number of rotatable bonds is 4. The van der Waals surface area contributed by atoms with E-state index in [0.29, 0.717) is 5.75 Å². The minimum absolute atomic E-state index is 0.601. The number of nitroso groups, excluding NO2 is 1. The van der Waals surface area contributed by atoms with Gasteiger partial charge in [0.25, 0.3) is 0 Å². The summed E-state index contributed by atoms with van der Waals surface area (Å²) in [4.78, 5) is 14.3. The summed E-state index contributed by atoms with van der Waals surface area (Å²) in [6.07, 6.45) is 0. The van der Waals surface area contributed by atoms with Gasteiger partial charge in [0.2, 0.25) is 0 Å². The summed E-state index contributed by atoms with van der Waals surface area (Å²) in [6, 6.07) is 8.95. The van der Waals surface area contributed by atoms with Crippen molar-refractivity contribution in [1.82, 2.24) is 11.1 Å². The molecule has 0 atom stereocenters. The quantitative estimate of drug-likeness (QED) is 0.380. The minimum Gasteiger partial charge on any atom is -0.388 e. The molecule has 1 aromatic carbocycles. The van der Waals surface area contributed by atoms with Crippen molar-refractivity contribution in [2.75, 3.05) is 0 Å². The molecule has 0 bridgehead atoms. The van der Waals surface area contributed by atoms with E-state index in [1.54, 1.807) is 12.1 Å². The summed E-state index contributed by atoms with van der Waals surface area (Å²) in [5.41, 5.74) is 4.02. The average Bonchev–Trinajstić information content (AvgIpc) is 2.07. The molecule has 2 N–H and O–H groups in total. The molecule has 0 heterocycles. The zero-order chi connectivity index (χ0) is 7.94. The molecule has 5 nitrogen and oxygen atoms in total. The van der Waals surface area contributed by atoms with E-state index in [2.05, 4.69) is 10.9 Å². The van der Waals surface area contributed by atoms with Gasteiger partial charge in [-0.05, 0) is 17.7 Å². The van der Waals surface area contributed by atoms with Gasteiger partial charge in [-0.2, -0.15) is 5.53 Å². The van der Waals surface area contributed by atoms with Crippen LogP contribution in [0.3, 0.4) is 0 Å². The van der Waals surface area contributed by atoms with Crippen molar-refractivity contribution in [1.29, 1.82) is 0 Å². The van der Waals surface area contributed by atoms with Crippen LogP contribution in [0.2, 0.25) is 0 Å². The van der Waals surface area contributed by atoms with E-state index in [1.807, 2.05) is 23.7 Å². The Bertz CT molecular complexity index is 214. The standard InChI is InChI=1S/C6H7N3O2/c10-8-7-9-11-6-4-2-1-3-5-6/h1-5H,(H,7,10)(H,8,9). The average molecular weight is 153 g/mol. The van der Waals surface area contributed by atoms with Crippen molar-refractivity contribution in [3.05, 3.63) is 35.2 Å². The fourth-order valence-electron chi connectivity index (χ4n) is 0.589. The van der Waals surface area contributed by atoms with Gasteiger partial charge in [0.1, 0.15) is 5.75 Å². The molecule has 0 fully saturated rings. The van der Waals surface area contributed by atoms with E-state index >= 15 is 0 Å². The van der Waals surface area contributed by atoms with Crippen LogP contribution in [0.15, 0.2) is 35.6 Å². The van der Waals surface area contributed by atoms with Crippen molar-refractivity contribution < 1.29 is 4.84 Å². The molecule has 11 heavy (non-hydrogen) atoms. The third kappa shape index (κ3) is 2.63. The number of hydrogen-bond donors (Lipinski definition) is 2. The Morgan fingerprint density at radius 3 is 2.64 bits per heavy atom. The monoisotopic (exact) mass is 153 g/mol. The maximum Gasteiger partial charge on any atom is 0.149 e. The van der Waals surface area contributed by atoms with E-state index in [1.165, 1.54) is 0 Å². The SMILES string of the molecule is O=NNNOc1ccccc1. The summed E-state index contributed by atoms with van der Waals surface area (Å²) in [5.74, 6) is 0.601. The highest BCUT2D eigenvalue weighted by atomic mass is 16.7. The number of nitrogens with one attached hydrogen (secondary N) is 2. The summed E-state index contributed by atoms with van der Waals surface area (Å²) in [7, 11) is 0. The van der Waals surface area contributed by atoms with Gasteiger partial charge in [0.15, 0.2) is 0 Å². The van der Waals surface area contributed by atoms with Crippen LogP contribution >= 0.6 is 0 Å². The van der Waals surface area contributed by atoms with Crippen LogP contribution in [-0.2, 0) is 0 Å². The smallest absolute Gasteiger partial charge is 0.149 e. The topological polar surface area (TPSA) is 62.7 Å². The van der Waals surface area contributed by atoms with Crippen molar-refractivity contribution in [2.24, 2.45) is 5.29 Å². The third-order valence-corrected chi connectivity index (χ3v) is 1.00. The molecular formula is C6H7N3O2. The number of hydrazine groups is 1. The highest BCUT2D eigenvalue weighted by molar-refractivity contribution is 5.20. The van der Waals surface area contributed by atoms with E-state index < -0.39 is 0 Å². The fourth-order valence-corrected chi connectivity index (χ4v) is 0.589. The van der Waals surface area contributed by atoms with Crippen molar-refractivity contribution >= 4 is 0 Å². The lowest BCUT2D eigenvalue weighted by Gasteiger charge is -2.02. The van der Waals surface area contributed by atoms with Gasteiger partial charge in [-0.15, -0.1) is 4.91 Å². The van der Waals surface area contributed by atoms with Crippen LogP contribution in [0.5, 0.6) is 5.75 Å². The number of benzene rings is 1. The number of nitrogens with zero attached hydrogens (tertiary/aromatic N) is 1. The van der Waals surface area contributed by atoms with E-state index in [9.17, 15) is 4.91 Å². The molecule has 0 saturated carbocycles. The van der Waals surface area contributed by atoms with Gasteiger partial charge in [0.05, 0.1) is 5.29 Å².